The molecule has 2 atom stereocenters. The first kappa shape index (κ1) is 19.8. The molecular weight excluding hydrogens is 359 g/mol. The molecule has 25 heavy (non-hydrogen) atoms. The van der Waals surface area contributed by atoms with Crippen molar-refractivity contribution in [1.82, 2.24) is 14.7 Å². The van der Waals surface area contributed by atoms with Gasteiger partial charge >= 0.3 is 0 Å². The molecule has 0 bridgehead atoms. The summed E-state index contributed by atoms with van der Waals surface area (Å²) in [5.74, 6) is 0.400. The number of benzene rings is 1. The Morgan fingerprint density at radius 1 is 1.44 bits per heavy atom. The molecule has 1 aromatic heterocycles. The third kappa shape index (κ3) is 4.17. The predicted molar refractivity (Wildman–Crippen MR) is 103 cm³/mol. The molecule has 1 aromatic carbocycles. The first-order valence-corrected chi connectivity index (χ1v) is 8.70. The van der Waals surface area contributed by atoms with Crippen molar-refractivity contribution >= 4 is 29.9 Å². The minimum absolute atomic E-state index is 0. The van der Waals surface area contributed by atoms with E-state index in [9.17, 15) is 4.79 Å². The van der Waals surface area contributed by atoms with E-state index in [2.05, 4.69) is 5.10 Å². The van der Waals surface area contributed by atoms with Gasteiger partial charge in [-0.2, -0.15) is 5.10 Å². The van der Waals surface area contributed by atoms with Crippen LogP contribution < -0.4 is 5.73 Å². The van der Waals surface area contributed by atoms with Crippen molar-refractivity contribution in [1.29, 1.82) is 0 Å². The molecule has 136 valence electrons. The van der Waals surface area contributed by atoms with Gasteiger partial charge in [0, 0.05) is 24.2 Å². The van der Waals surface area contributed by atoms with Crippen LogP contribution in [0.25, 0.3) is 5.69 Å². The van der Waals surface area contributed by atoms with Crippen molar-refractivity contribution < 1.29 is 4.79 Å². The van der Waals surface area contributed by atoms with Crippen molar-refractivity contribution in [2.75, 3.05) is 13.1 Å². The van der Waals surface area contributed by atoms with Gasteiger partial charge in [0.2, 0.25) is 0 Å². The van der Waals surface area contributed by atoms with Crippen molar-refractivity contribution in [3.63, 3.8) is 0 Å². The van der Waals surface area contributed by atoms with Gasteiger partial charge in [-0.15, -0.1) is 12.4 Å². The third-order valence-electron chi connectivity index (χ3n) is 4.78. The zero-order valence-corrected chi connectivity index (χ0v) is 16.1. The molecular formula is C18H24Cl2N4O. The normalized spacial score (nSPS) is 18.6. The van der Waals surface area contributed by atoms with Crippen LogP contribution in [0, 0.1) is 12.8 Å². The number of hydrogen-bond donors (Lipinski definition) is 1. The van der Waals surface area contributed by atoms with Gasteiger partial charge in [0.15, 0.2) is 0 Å². The van der Waals surface area contributed by atoms with Crippen LogP contribution in [-0.4, -0.2) is 39.7 Å². The molecule has 2 aromatic rings. The molecule has 2 heterocycles. The van der Waals surface area contributed by atoms with Gasteiger partial charge in [0.05, 0.1) is 23.1 Å². The van der Waals surface area contributed by atoms with E-state index in [4.69, 9.17) is 17.3 Å². The number of nitrogens with two attached hydrogens (primary N) is 1. The summed E-state index contributed by atoms with van der Waals surface area (Å²) in [6.45, 7) is 5.43. The van der Waals surface area contributed by atoms with Crippen LogP contribution in [-0.2, 0) is 0 Å². The zero-order chi connectivity index (χ0) is 17.3. The highest BCUT2D eigenvalue weighted by atomic mass is 35.5. The van der Waals surface area contributed by atoms with Gasteiger partial charge < -0.3 is 10.6 Å². The third-order valence-corrected chi connectivity index (χ3v) is 5.02. The Morgan fingerprint density at radius 3 is 2.88 bits per heavy atom. The van der Waals surface area contributed by atoms with Crippen LogP contribution in [0.3, 0.4) is 0 Å². The smallest absolute Gasteiger partial charge is 0.257 e. The topological polar surface area (TPSA) is 64.2 Å². The average Bonchev–Trinajstić information content (AvgIpc) is 2.96. The minimum atomic E-state index is 0. The molecule has 1 amide bonds. The molecule has 0 aliphatic carbocycles. The maximum absolute atomic E-state index is 12.9. The van der Waals surface area contributed by atoms with E-state index in [0.29, 0.717) is 16.5 Å². The minimum Gasteiger partial charge on any atom is -0.338 e. The van der Waals surface area contributed by atoms with Crippen LogP contribution in [0.2, 0.25) is 5.02 Å². The molecule has 1 aliphatic rings. The maximum atomic E-state index is 12.9. The molecule has 7 heteroatoms. The number of piperidine rings is 1. The number of aromatic nitrogens is 2. The summed E-state index contributed by atoms with van der Waals surface area (Å²) in [6.07, 6.45) is 3.73. The Labute approximate surface area is 159 Å². The van der Waals surface area contributed by atoms with E-state index in [1.165, 1.54) is 0 Å². The zero-order valence-electron chi connectivity index (χ0n) is 14.5. The van der Waals surface area contributed by atoms with E-state index < -0.39 is 0 Å². The van der Waals surface area contributed by atoms with Crippen molar-refractivity contribution in [2.24, 2.45) is 11.7 Å². The molecule has 1 aliphatic heterocycles. The van der Waals surface area contributed by atoms with E-state index in [0.717, 1.165) is 37.3 Å². The van der Waals surface area contributed by atoms with Crippen LogP contribution in [0.15, 0.2) is 30.5 Å². The summed E-state index contributed by atoms with van der Waals surface area (Å²) >= 11 is 6.06. The lowest BCUT2D eigenvalue weighted by Gasteiger charge is -2.34. The molecule has 3 rings (SSSR count). The number of carbonyl (C=O) groups is 1. The SMILES string of the molecule is Cc1c(C(=O)N2CCCC(C(C)N)C2)cnn1-c1cccc(Cl)c1.Cl. The number of nitrogens with zero attached hydrogens (tertiary/aromatic N) is 3. The van der Waals surface area contributed by atoms with Crippen LogP contribution >= 0.6 is 24.0 Å². The molecule has 0 radical (unpaired) electrons. The Balaban J connectivity index is 0.00000225. The van der Waals surface area contributed by atoms with Gasteiger partial charge in [-0.25, -0.2) is 4.68 Å². The van der Waals surface area contributed by atoms with E-state index >= 15 is 0 Å². The largest absolute Gasteiger partial charge is 0.338 e. The van der Waals surface area contributed by atoms with Crippen molar-refractivity contribution in [3.8, 4) is 5.69 Å². The molecule has 5 nitrogen and oxygen atoms in total. The van der Waals surface area contributed by atoms with Crippen LogP contribution in [0.1, 0.15) is 35.8 Å². The highest BCUT2D eigenvalue weighted by Gasteiger charge is 2.28. The second-order valence-corrected chi connectivity index (χ2v) is 6.98. The Bertz CT molecular complexity index is 744. The second kappa shape index (κ2) is 8.21. The summed E-state index contributed by atoms with van der Waals surface area (Å²) in [7, 11) is 0. The van der Waals surface area contributed by atoms with Crippen LogP contribution in [0.5, 0.6) is 0 Å². The summed E-state index contributed by atoms with van der Waals surface area (Å²) in [4.78, 5) is 14.8. The highest BCUT2D eigenvalue weighted by Crippen LogP contribution is 2.23. The fourth-order valence-electron chi connectivity index (χ4n) is 3.28. The number of likely N-dealkylation sites (tertiary alicyclic amines) is 1. The fraction of sp³-hybridized carbons (Fsp3) is 0.444. The van der Waals surface area contributed by atoms with Gasteiger partial charge in [0.1, 0.15) is 0 Å². The van der Waals surface area contributed by atoms with Gasteiger partial charge in [-0.1, -0.05) is 17.7 Å². The first-order chi connectivity index (χ1) is 11.5. The maximum Gasteiger partial charge on any atom is 0.257 e. The standard InChI is InChI=1S/C18H23ClN4O.ClH/c1-12(20)14-5-4-8-22(11-14)18(24)17-10-21-23(13(17)2)16-7-3-6-15(19)9-16;/h3,6-7,9-10,12,14H,4-5,8,11,20H2,1-2H3;1H. The number of hydrogen-bond acceptors (Lipinski definition) is 3. The molecule has 0 saturated carbocycles. The lowest BCUT2D eigenvalue weighted by molar-refractivity contribution is 0.0660. The van der Waals surface area contributed by atoms with Gasteiger partial charge in [-0.3, -0.25) is 4.79 Å². The van der Waals surface area contributed by atoms with Gasteiger partial charge in [-0.05, 0) is 50.8 Å². The lowest BCUT2D eigenvalue weighted by Crippen LogP contribution is -2.45. The molecule has 2 N–H and O–H groups in total. The second-order valence-electron chi connectivity index (χ2n) is 6.55. The number of halogens is 2. The molecule has 1 saturated heterocycles. The lowest BCUT2D eigenvalue weighted by atomic mass is 9.92. The monoisotopic (exact) mass is 382 g/mol. The van der Waals surface area contributed by atoms with Crippen LogP contribution in [0.4, 0.5) is 0 Å². The fourth-order valence-corrected chi connectivity index (χ4v) is 3.47. The number of amides is 1. The Kier molecular flexibility index (Phi) is 6.49. The van der Waals surface area contributed by atoms with Crippen molar-refractivity contribution in [2.45, 2.75) is 32.7 Å². The van der Waals surface area contributed by atoms with Gasteiger partial charge in [0.25, 0.3) is 5.91 Å². The number of rotatable bonds is 3. The quantitative estimate of drug-likeness (QED) is 0.883. The molecule has 2 unspecified atom stereocenters. The van der Waals surface area contributed by atoms with E-state index in [-0.39, 0.29) is 24.4 Å². The summed E-state index contributed by atoms with van der Waals surface area (Å²) in [5, 5.41) is 5.03. The Hall–Kier alpha value is -1.56. The summed E-state index contributed by atoms with van der Waals surface area (Å²) < 4.78 is 1.76. The Morgan fingerprint density at radius 2 is 2.20 bits per heavy atom. The summed E-state index contributed by atoms with van der Waals surface area (Å²) in [5.41, 5.74) is 8.34. The van der Waals surface area contributed by atoms with E-state index in [1.54, 1.807) is 10.9 Å². The van der Waals surface area contributed by atoms with E-state index in [1.807, 2.05) is 43.0 Å². The average molecular weight is 383 g/mol. The first-order valence-electron chi connectivity index (χ1n) is 8.33. The molecule has 1 fully saturated rings. The van der Waals surface area contributed by atoms with Crippen molar-refractivity contribution in [3.05, 3.63) is 46.7 Å². The predicted octanol–water partition coefficient (Wildman–Crippen LogP) is 3.46. The number of carbonyl (C=O) groups excluding carboxylic acids is 1. The molecule has 0 spiro atoms. The highest BCUT2D eigenvalue weighted by molar-refractivity contribution is 6.30. The summed E-state index contributed by atoms with van der Waals surface area (Å²) in [6, 6.07) is 7.56.